The van der Waals surface area contributed by atoms with Crippen LogP contribution in [0.15, 0.2) is 46.9 Å². The SMILES string of the molecule is O=[N+]([O-])c1ccc(F)cc1N1CCC(c2nc3ccccc3o2)CC1. The van der Waals surface area contributed by atoms with E-state index in [1.807, 2.05) is 29.2 Å². The Morgan fingerprint density at radius 1 is 1.20 bits per heavy atom. The second-order valence-electron chi connectivity index (χ2n) is 6.17. The quantitative estimate of drug-likeness (QED) is 0.526. The van der Waals surface area contributed by atoms with Crippen molar-refractivity contribution in [3.8, 4) is 0 Å². The van der Waals surface area contributed by atoms with Gasteiger partial charge in [-0.25, -0.2) is 9.37 Å². The van der Waals surface area contributed by atoms with Crippen molar-refractivity contribution in [3.63, 3.8) is 0 Å². The minimum atomic E-state index is -0.471. The number of rotatable bonds is 3. The molecule has 0 spiro atoms. The molecule has 0 radical (unpaired) electrons. The van der Waals surface area contributed by atoms with E-state index >= 15 is 0 Å². The van der Waals surface area contributed by atoms with Crippen molar-refractivity contribution in [1.29, 1.82) is 0 Å². The highest BCUT2D eigenvalue weighted by atomic mass is 19.1. The van der Waals surface area contributed by atoms with Gasteiger partial charge in [-0.3, -0.25) is 10.1 Å². The lowest BCUT2D eigenvalue weighted by Crippen LogP contribution is -2.33. The number of oxazole rings is 1. The fourth-order valence-corrected chi connectivity index (χ4v) is 3.34. The van der Waals surface area contributed by atoms with Crippen molar-refractivity contribution >= 4 is 22.5 Å². The van der Waals surface area contributed by atoms with E-state index in [-0.39, 0.29) is 11.6 Å². The molecule has 0 unspecified atom stereocenters. The number of nitro groups is 1. The highest BCUT2D eigenvalue weighted by Crippen LogP contribution is 2.35. The lowest BCUT2D eigenvalue weighted by Gasteiger charge is -2.32. The molecule has 3 aromatic rings. The van der Waals surface area contributed by atoms with Gasteiger partial charge in [0.05, 0.1) is 4.92 Å². The van der Waals surface area contributed by atoms with Crippen LogP contribution in [0.2, 0.25) is 0 Å². The van der Waals surface area contributed by atoms with Crippen molar-refractivity contribution in [2.45, 2.75) is 18.8 Å². The first-order valence-electron chi connectivity index (χ1n) is 8.16. The largest absolute Gasteiger partial charge is 0.440 e. The van der Waals surface area contributed by atoms with E-state index < -0.39 is 10.7 Å². The van der Waals surface area contributed by atoms with E-state index in [4.69, 9.17) is 4.42 Å². The van der Waals surface area contributed by atoms with Crippen LogP contribution in [-0.4, -0.2) is 23.0 Å². The van der Waals surface area contributed by atoms with E-state index in [0.717, 1.165) is 30.0 Å². The molecule has 1 aliphatic heterocycles. The summed E-state index contributed by atoms with van der Waals surface area (Å²) in [5.74, 6) is 0.396. The normalized spacial score (nSPS) is 15.6. The van der Waals surface area contributed by atoms with Gasteiger partial charge in [-0.05, 0) is 31.0 Å². The molecule has 0 saturated carbocycles. The van der Waals surface area contributed by atoms with Gasteiger partial charge >= 0.3 is 0 Å². The number of fused-ring (bicyclic) bond motifs is 1. The van der Waals surface area contributed by atoms with Crippen LogP contribution in [0.3, 0.4) is 0 Å². The average Bonchev–Trinajstić information content (AvgIpc) is 3.05. The van der Waals surface area contributed by atoms with Gasteiger partial charge in [0.1, 0.15) is 17.0 Å². The summed E-state index contributed by atoms with van der Waals surface area (Å²) >= 11 is 0. The molecule has 4 rings (SSSR count). The van der Waals surface area contributed by atoms with Crippen molar-refractivity contribution in [1.82, 2.24) is 4.98 Å². The molecule has 25 heavy (non-hydrogen) atoms. The first-order valence-corrected chi connectivity index (χ1v) is 8.16. The lowest BCUT2D eigenvalue weighted by molar-refractivity contribution is -0.384. The molecule has 2 aromatic carbocycles. The van der Waals surface area contributed by atoms with Crippen LogP contribution >= 0.6 is 0 Å². The maximum atomic E-state index is 13.6. The molecule has 6 nitrogen and oxygen atoms in total. The van der Waals surface area contributed by atoms with E-state index in [0.29, 0.717) is 24.7 Å². The Labute approximate surface area is 143 Å². The molecule has 1 aromatic heterocycles. The number of aromatic nitrogens is 1. The van der Waals surface area contributed by atoms with Crippen LogP contribution in [0.5, 0.6) is 0 Å². The molecule has 0 bridgehead atoms. The van der Waals surface area contributed by atoms with Gasteiger partial charge in [-0.2, -0.15) is 0 Å². The number of nitro benzene ring substituents is 1. The molecular weight excluding hydrogens is 325 g/mol. The van der Waals surface area contributed by atoms with E-state index in [1.54, 1.807) is 0 Å². The summed E-state index contributed by atoms with van der Waals surface area (Å²) in [7, 11) is 0. The van der Waals surface area contributed by atoms with Gasteiger partial charge in [0.2, 0.25) is 0 Å². The Balaban J connectivity index is 1.53. The summed E-state index contributed by atoms with van der Waals surface area (Å²) in [6.07, 6.45) is 1.50. The molecule has 1 aliphatic rings. The Hall–Kier alpha value is -2.96. The number of hydrogen-bond donors (Lipinski definition) is 0. The van der Waals surface area contributed by atoms with E-state index in [2.05, 4.69) is 4.98 Å². The summed E-state index contributed by atoms with van der Waals surface area (Å²) in [6.45, 7) is 1.18. The molecule has 0 N–H and O–H groups in total. The molecule has 1 saturated heterocycles. The second-order valence-corrected chi connectivity index (χ2v) is 6.17. The second kappa shape index (κ2) is 6.16. The maximum absolute atomic E-state index is 13.6. The Bertz CT molecular complexity index is 899. The third kappa shape index (κ3) is 2.93. The minimum absolute atomic E-state index is 0.0679. The molecule has 0 atom stereocenters. The molecule has 0 aliphatic carbocycles. The van der Waals surface area contributed by atoms with Crippen LogP contribution in [-0.2, 0) is 0 Å². The summed E-state index contributed by atoms with van der Waals surface area (Å²) in [6, 6.07) is 11.2. The molecule has 0 amide bonds. The number of halogens is 1. The van der Waals surface area contributed by atoms with Gasteiger partial charge in [-0.15, -0.1) is 0 Å². The Morgan fingerprint density at radius 2 is 1.96 bits per heavy atom. The van der Waals surface area contributed by atoms with Gasteiger partial charge in [0.15, 0.2) is 11.5 Å². The van der Waals surface area contributed by atoms with E-state index in [1.165, 1.54) is 12.1 Å². The average molecular weight is 341 g/mol. The molecule has 2 heterocycles. The third-order valence-electron chi connectivity index (χ3n) is 4.63. The standard InChI is InChI=1S/C18H16FN3O3/c19-13-5-6-15(22(23)24)16(11-13)21-9-7-12(8-10-21)18-20-14-3-1-2-4-17(14)25-18/h1-6,11-12H,7-10H2. The van der Waals surface area contributed by atoms with Crippen LogP contribution < -0.4 is 4.90 Å². The summed E-state index contributed by atoms with van der Waals surface area (Å²) in [5, 5.41) is 11.2. The number of piperidine rings is 1. The highest BCUT2D eigenvalue weighted by molar-refractivity contribution is 5.72. The number of benzene rings is 2. The Kier molecular flexibility index (Phi) is 3.83. The predicted molar refractivity (Wildman–Crippen MR) is 91.3 cm³/mol. The van der Waals surface area contributed by atoms with Crippen LogP contribution in [0.1, 0.15) is 24.7 Å². The van der Waals surface area contributed by atoms with Crippen LogP contribution in [0.25, 0.3) is 11.1 Å². The topological polar surface area (TPSA) is 72.4 Å². The van der Waals surface area contributed by atoms with Gasteiger partial charge < -0.3 is 9.32 Å². The predicted octanol–water partition coefficient (Wildman–Crippen LogP) is 4.26. The molecular formula is C18H16FN3O3. The Morgan fingerprint density at radius 3 is 2.68 bits per heavy atom. The smallest absolute Gasteiger partial charge is 0.292 e. The third-order valence-corrected chi connectivity index (χ3v) is 4.63. The lowest BCUT2D eigenvalue weighted by atomic mass is 9.96. The summed E-state index contributed by atoms with van der Waals surface area (Å²) in [4.78, 5) is 17.1. The van der Waals surface area contributed by atoms with Crippen molar-refractivity contribution in [2.75, 3.05) is 18.0 Å². The van der Waals surface area contributed by atoms with Crippen LogP contribution in [0, 0.1) is 15.9 Å². The summed E-state index contributed by atoms with van der Waals surface area (Å²) in [5.41, 5.74) is 1.86. The monoisotopic (exact) mass is 341 g/mol. The first-order chi connectivity index (χ1) is 12.1. The molecule has 7 heteroatoms. The number of anilines is 1. The summed E-state index contributed by atoms with van der Waals surface area (Å²) < 4.78 is 19.4. The number of hydrogen-bond acceptors (Lipinski definition) is 5. The van der Waals surface area contributed by atoms with Gasteiger partial charge in [0, 0.05) is 31.1 Å². The first kappa shape index (κ1) is 15.6. The number of para-hydroxylation sites is 2. The zero-order valence-electron chi connectivity index (χ0n) is 13.4. The fourth-order valence-electron chi connectivity index (χ4n) is 3.34. The maximum Gasteiger partial charge on any atom is 0.292 e. The molecule has 1 fully saturated rings. The zero-order chi connectivity index (χ0) is 17.4. The van der Waals surface area contributed by atoms with Crippen molar-refractivity contribution in [3.05, 3.63) is 64.3 Å². The van der Waals surface area contributed by atoms with Crippen molar-refractivity contribution < 1.29 is 13.7 Å². The zero-order valence-corrected chi connectivity index (χ0v) is 13.4. The van der Waals surface area contributed by atoms with Crippen LogP contribution in [0.4, 0.5) is 15.8 Å². The van der Waals surface area contributed by atoms with Gasteiger partial charge in [-0.1, -0.05) is 12.1 Å². The highest BCUT2D eigenvalue weighted by Gasteiger charge is 2.28. The van der Waals surface area contributed by atoms with Crippen molar-refractivity contribution in [2.24, 2.45) is 0 Å². The molecule has 128 valence electrons. The number of nitrogens with zero attached hydrogens (tertiary/aromatic N) is 3. The fraction of sp³-hybridized carbons (Fsp3) is 0.278. The minimum Gasteiger partial charge on any atom is -0.440 e. The van der Waals surface area contributed by atoms with Gasteiger partial charge in [0.25, 0.3) is 5.69 Å². The van der Waals surface area contributed by atoms with E-state index in [9.17, 15) is 14.5 Å².